The van der Waals surface area contributed by atoms with Crippen LogP contribution >= 0.6 is 11.3 Å². The fourth-order valence-corrected chi connectivity index (χ4v) is 4.83. The molecule has 1 aromatic carbocycles. The van der Waals surface area contributed by atoms with Crippen LogP contribution in [0.15, 0.2) is 53.4 Å². The Morgan fingerprint density at radius 3 is 2.76 bits per heavy atom. The van der Waals surface area contributed by atoms with Gasteiger partial charge in [-0.2, -0.15) is 0 Å². The van der Waals surface area contributed by atoms with E-state index in [2.05, 4.69) is 50.5 Å². The van der Waals surface area contributed by atoms with Crippen molar-refractivity contribution in [2.45, 2.75) is 19.4 Å². The van der Waals surface area contributed by atoms with E-state index >= 15 is 0 Å². The number of benzene rings is 1. The molecule has 2 aromatic rings. The average Bonchev–Trinajstić information content (AvgIpc) is 3.33. The number of thiophene rings is 1. The van der Waals surface area contributed by atoms with Crippen LogP contribution < -0.4 is 0 Å². The maximum atomic E-state index is 12.7. The van der Waals surface area contributed by atoms with Gasteiger partial charge >= 0.3 is 159 Å². The van der Waals surface area contributed by atoms with E-state index in [-0.39, 0.29) is 11.9 Å². The molecule has 1 saturated heterocycles. The fraction of sp³-hybridized carbons (Fsp3) is 0.263. The van der Waals surface area contributed by atoms with E-state index in [1.165, 1.54) is 4.88 Å². The van der Waals surface area contributed by atoms with E-state index in [0.29, 0.717) is 13.0 Å². The topological polar surface area (TPSA) is 32.8 Å². The summed E-state index contributed by atoms with van der Waals surface area (Å²) < 4.78 is 6.62. The molecule has 6 heteroatoms. The molecule has 2 aliphatic rings. The number of ether oxygens (including phenoxy) is 1. The van der Waals surface area contributed by atoms with Gasteiger partial charge in [0.05, 0.1) is 0 Å². The standard InChI is InChI=1S/C19H18N2O2S.Cr/c1-2-23-13-15-18(14-7-4-3-5-8-14)21-17(22)10-11-20(21)19(15)16-9-6-12-24-16;/h3-9,12,19H,2,10-11H2,1H3;/t19-;/m1./s1. The summed E-state index contributed by atoms with van der Waals surface area (Å²) in [5, 5.41) is 6.10. The zero-order valence-corrected chi connectivity index (χ0v) is 15.9. The Morgan fingerprint density at radius 1 is 1.28 bits per heavy atom. The maximum absolute atomic E-state index is 12.7. The van der Waals surface area contributed by atoms with Crippen LogP contribution in [0.3, 0.4) is 0 Å². The van der Waals surface area contributed by atoms with Gasteiger partial charge in [0.2, 0.25) is 0 Å². The van der Waals surface area contributed by atoms with Crippen LogP contribution in [0.4, 0.5) is 0 Å². The zero-order valence-electron chi connectivity index (χ0n) is 13.8. The van der Waals surface area contributed by atoms with Gasteiger partial charge in [0.1, 0.15) is 0 Å². The Morgan fingerprint density at radius 2 is 2.08 bits per heavy atom. The number of carbonyl (C=O) groups excluding carboxylic acids is 1. The first-order chi connectivity index (χ1) is 12.2. The van der Waals surface area contributed by atoms with Gasteiger partial charge in [0.25, 0.3) is 0 Å². The molecule has 0 saturated carbocycles. The molecule has 0 unspecified atom stereocenters. The Labute approximate surface area is 159 Å². The Balaban J connectivity index is 1.93. The molecule has 0 bridgehead atoms. The number of carbonyl (C=O) groups is 1. The van der Waals surface area contributed by atoms with E-state index in [4.69, 9.17) is 4.74 Å². The Bertz CT molecular complexity index is 832. The number of hydrazine groups is 1. The summed E-state index contributed by atoms with van der Waals surface area (Å²) in [5.74, 6) is 0.139. The van der Waals surface area contributed by atoms with Crippen molar-refractivity contribution in [2.75, 3.05) is 13.2 Å². The predicted molar refractivity (Wildman–Crippen MR) is 95.2 cm³/mol. The Kier molecular flexibility index (Phi) is 4.72. The summed E-state index contributed by atoms with van der Waals surface area (Å²) in [6.07, 6.45) is 0.545. The number of fused-ring (bicyclic) bond motifs is 1. The first-order valence-electron chi connectivity index (χ1n) is 8.32. The zero-order chi connectivity index (χ0) is 17.4. The molecule has 4 rings (SSSR count). The van der Waals surface area contributed by atoms with E-state index in [1.54, 1.807) is 11.3 Å². The minimum absolute atomic E-state index is 0.00413. The second-order valence-electron chi connectivity index (χ2n) is 5.89. The van der Waals surface area contributed by atoms with Crippen LogP contribution in [-0.4, -0.2) is 33.6 Å². The molecule has 1 aromatic heterocycles. The summed E-state index contributed by atoms with van der Waals surface area (Å²) in [6, 6.07) is 14.3. The number of nitrogens with zero attached hydrogens (tertiary/aromatic N) is 2. The molecule has 1 amide bonds. The van der Waals surface area contributed by atoms with Gasteiger partial charge in [0, 0.05) is 0 Å². The summed E-state index contributed by atoms with van der Waals surface area (Å²) in [4.78, 5) is 13.9. The molecule has 1 atom stereocenters. The van der Waals surface area contributed by atoms with E-state index in [9.17, 15) is 4.79 Å². The van der Waals surface area contributed by atoms with Gasteiger partial charge in [-0.1, -0.05) is 0 Å². The van der Waals surface area contributed by atoms with Crippen molar-refractivity contribution in [1.29, 1.82) is 0 Å². The van der Waals surface area contributed by atoms with Gasteiger partial charge in [-0.15, -0.1) is 0 Å². The summed E-state index contributed by atoms with van der Waals surface area (Å²) in [6.45, 7) is 3.28. The summed E-state index contributed by atoms with van der Waals surface area (Å²) in [5.41, 5.74) is 3.01. The van der Waals surface area contributed by atoms with Crippen molar-refractivity contribution in [3.63, 3.8) is 0 Å². The average molecular weight is 390 g/mol. The van der Waals surface area contributed by atoms with E-state index in [0.717, 1.165) is 27.9 Å². The molecule has 0 N–H and O–H groups in total. The first kappa shape index (κ1) is 16.9. The molecular weight excluding hydrogens is 372 g/mol. The third kappa shape index (κ3) is 2.85. The molecule has 128 valence electrons. The van der Waals surface area contributed by atoms with E-state index < -0.39 is 0 Å². The number of amides is 1. The third-order valence-electron chi connectivity index (χ3n) is 4.44. The van der Waals surface area contributed by atoms with Crippen molar-refractivity contribution in [3.05, 3.63) is 63.9 Å². The van der Waals surface area contributed by atoms with Crippen LogP contribution in [0.2, 0.25) is 0 Å². The van der Waals surface area contributed by atoms with Gasteiger partial charge < -0.3 is 0 Å². The van der Waals surface area contributed by atoms with Gasteiger partial charge in [0.15, 0.2) is 0 Å². The number of rotatable bonds is 5. The normalized spacial score (nSPS) is 20.4. The van der Waals surface area contributed by atoms with Crippen molar-refractivity contribution in [2.24, 2.45) is 0 Å². The molecule has 0 aliphatic carbocycles. The summed E-state index contributed by atoms with van der Waals surface area (Å²) in [7, 11) is 0. The molecule has 4 nitrogen and oxygen atoms in total. The van der Waals surface area contributed by atoms with E-state index in [1.807, 2.05) is 30.1 Å². The fourth-order valence-electron chi connectivity index (χ4n) is 3.48. The molecule has 3 heterocycles. The summed E-state index contributed by atoms with van der Waals surface area (Å²) >= 11 is 4.80. The van der Waals surface area contributed by atoms with Crippen LogP contribution in [0.5, 0.6) is 0 Å². The van der Waals surface area contributed by atoms with Crippen LogP contribution in [0.25, 0.3) is 5.70 Å². The molecule has 2 aliphatic heterocycles. The van der Waals surface area contributed by atoms with Gasteiger partial charge in [-0.25, -0.2) is 0 Å². The second-order valence-corrected chi connectivity index (χ2v) is 7.44. The van der Waals surface area contributed by atoms with Gasteiger partial charge in [-0.05, 0) is 0 Å². The van der Waals surface area contributed by atoms with Crippen LogP contribution in [-0.2, 0) is 25.4 Å². The van der Waals surface area contributed by atoms with Crippen LogP contribution in [0.1, 0.15) is 29.8 Å². The van der Waals surface area contributed by atoms with Gasteiger partial charge in [-0.3, -0.25) is 0 Å². The predicted octanol–water partition coefficient (Wildman–Crippen LogP) is 3.38. The molecule has 0 radical (unpaired) electrons. The Hall–Kier alpha value is -1.55. The van der Waals surface area contributed by atoms with Crippen molar-refractivity contribution < 1.29 is 25.4 Å². The SMILES string of the molecule is CCO[C](=[Cr])C1=C(c2ccccc2)N2C(=O)CCN2[C@H]1c1cccs1. The monoisotopic (exact) mass is 390 g/mol. The molecular formula is C19H18CrN2O2S. The van der Waals surface area contributed by atoms with Crippen molar-refractivity contribution in [3.8, 4) is 0 Å². The number of hydrogen-bond donors (Lipinski definition) is 0. The van der Waals surface area contributed by atoms with Crippen molar-refractivity contribution >= 4 is 27.5 Å². The quantitative estimate of drug-likeness (QED) is 0.785. The number of hydrogen-bond acceptors (Lipinski definition) is 4. The second kappa shape index (κ2) is 6.99. The third-order valence-corrected chi connectivity index (χ3v) is 5.89. The minimum atomic E-state index is 0.00413. The molecule has 1 fully saturated rings. The van der Waals surface area contributed by atoms with Crippen molar-refractivity contribution in [1.82, 2.24) is 10.0 Å². The first-order valence-corrected chi connectivity index (χ1v) is 9.83. The van der Waals surface area contributed by atoms with Crippen LogP contribution in [0, 0.1) is 0 Å². The molecule has 0 spiro atoms. The molecule has 25 heavy (non-hydrogen) atoms.